The average Bonchev–Trinajstić information content (AvgIpc) is 3.15. The number of hydrogen-bond acceptors (Lipinski definition) is 8. The number of sulfone groups is 1. The van der Waals surface area contributed by atoms with Crippen molar-refractivity contribution < 1.29 is 26.5 Å². The molecule has 1 atom stereocenters. The highest BCUT2D eigenvalue weighted by Crippen LogP contribution is 2.36. The van der Waals surface area contributed by atoms with Crippen LogP contribution in [0.25, 0.3) is 0 Å². The Kier molecular flexibility index (Phi) is 5.83. The number of rotatable bonds is 6. The molecule has 13 heteroatoms. The van der Waals surface area contributed by atoms with Crippen LogP contribution in [0.15, 0.2) is 41.4 Å². The molecule has 1 fully saturated rings. The molecule has 1 aromatic heterocycles. The van der Waals surface area contributed by atoms with Crippen LogP contribution in [0, 0.1) is 10.1 Å². The molecule has 1 unspecified atom stereocenters. The topological polar surface area (TPSA) is 110 Å². The Morgan fingerprint density at radius 2 is 2.07 bits per heavy atom. The summed E-state index contributed by atoms with van der Waals surface area (Å²) in [6.07, 6.45) is 3.20. The van der Waals surface area contributed by atoms with E-state index in [1.165, 1.54) is 4.90 Å². The molecule has 0 amide bonds. The van der Waals surface area contributed by atoms with Gasteiger partial charge in [-0.2, -0.15) is 18.3 Å². The minimum absolute atomic E-state index is 0.0205. The van der Waals surface area contributed by atoms with Gasteiger partial charge in [-0.3, -0.25) is 10.1 Å². The van der Waals surface area contributed by atoms with Gasteiger partial charge in [0.1, 0.15) is 5.69 Å². The van der Waals surface area contributed by atoms with Crippen LogP contribution in [0.1, 0.15) is 12.8 Å². The van der Waals surface area contributed by atoms with Gasteiger partial charge in [-0.05, 0) is 37.1 Å². The van der Waals surface area contributed by atoms with E-state index in [4.69, 9.17) is 0 Å². The summed E-state index contributed by atoms with van der Waals surface area (Å²) < 4.78 is 61.6. The van der Waals surface area contributed by atoms with Gasteiger partial charge in [-0.1, -0.05) is 0 Å². The summed E-state index contributed by atoms with van der Waals surface area (Å²) in [5.41, 5.74) is -6.24. The molecular formula is C17H18F3N5O4S. The molecule has 2 heterocycles. The Balaban J connectivity index is 1.89. The standard InChI is InChI=1S/C17H18F3N5O4S/c1-23(11-12-4-3-9-24(12)16-5-2-8-21-22-16)14-7-6-13(10-15(14)25(26)27)30(28,29)17(18,19)20/h2,5-8,10,12H,3-4,9,11H2,1H3. The van der Waals surface area contributed by atoms with Crippen molar-refractivity contribution in [3.63, 3.8) is 0 Å². The number of nitro benzene ring substituents is 1. The largest absolute Gasteiger partial charge is 0.501 e. The molecule has 9 nitrogen and oxygen atoms in total. The van der Waals surface area contributed by atoms with Crippen LogP contribution in [0.3, 0.4) is 0 Å². The Morgan fingerprint density at radius 3 is 2.67 bits per heavy atom. The van der Waals surface area contributed by atoms with Crippen LogP contribution >= 0.6 is 0 Å². The van der Waals surface area contributed by atoms with Crippen molar-refractivity contribution in [1.82, 2.24) is 10.2 Å². The molecule has 2 aromatic rings. The monoisotopic (exact) mass is 445 g/mol. The van der Waals surface area contributed by atoms with Crippen molar-refractivity contribution in [3.05, 3.63) is 46.6 Å². The summed E-state index contributed by atoms with van der Waals surface area (Å²) in [7, 11) is -4.13. The van der Waals surface area contributed by atoms with Crippen molar-refractivity contribution in [2.24, 2.45) is 0 Å². The van der Waals surface area contributed by atoms with Gasteiger partial charge in [0.15, 0.2) is 5.82 Å². The Hall–Kier alpha value is -2.96. The van der Waals surface area contributed by atoms with E-state index in [0.717, 1.165) is 31.5 Å². The fourth-order valence-corrected chi connectivity index (χ4v) is 4.24. The molecule has 162 valence electrons. The highest BCUT2D eigenvalue weighted by molar-refractivity contribution is 7.92. The summed E-state index contributed by atoms with van der Waals surface area (Å²) >= 11 is 0. The van der Waals surface area contributed by atoms with Gasteiger partial charge < -0.3 is 9.80 Å². The fourth-order valence-electron chi connectivity index (χ4n) is 3.46. The van der Waals surface area contributed by atoms with E-state index in [1.807, 2.05) is 4.90 Å². The van der Waals surface area contributed by atoms with Crippen LogP contribution in [0.5, 0.6) is 0 Å². The Bertz CT molecular complexity index is 1030. The van der Waals surface area contributed by atoms with Gasteiger partial charge in [-0.15, -0.1) is 5.10 Å². The second-order valence-corrected chi connectivity index (χ2v) is 8.75. The smallest absolute Gasteiger partial charge is 0.367 e. The van der Waals surface area contributed by atoms with Crippen molar-refractivity contribution in [2.75, 3.05) is 29.9 Å². The van der Waals surface area contributed by atoms with E-state index in [9.17, 15) is 31.7 Å². The molecule has 1 aromatic carbocycles. The first-order valence-corrected chi connectivity index (χ1v) is 10.4. The molecule has 0 spiro atoms. The minimum Gasteiger partial charge on any atom is -0.367 e. The second-order valence-electron chi connectivity index (χ2n) is 6.81. The number of anilines is 2. The van der Waals surface area contributed by atoms with E-state index >= 15 is 0 Å². The van der Waals surface area contributed by atoms with E-state index in [2.05, 4.69) is 10.2 Å². The molecule has 0 saturated carbocycles. The summed E-state index contributed by atoms with van der Waals surface area (Å²) in [6, 6.07) is 5.69. The summed E-state index contributed by atoms with van der Waals surface area (Å²) in [5.74, 6) is 0.662. The third-order valence-corrected chi connectivity index (χ3v) is 6.37. The van der Waals surface area contributed by atoms with Gasteiger partial charge in [0.25, 0.3) is 15.5 Å². The second kappa shape index (κ2) is 8.05. The van der Waals surface area contributed by atoms with E-state index < -0.39 is 30.9 Å². The first kappa shape index (κ1) is 21.7. The fraction of sp³-hybridized carbons (Fsp3) is 0.412. The number of benzene rings is 1. The third kappa shape index (κ3) is 4.15. The number of likely N-dealkylation sites (N-methyl/N-ethyl adjacent to an activating group) is 1. The van der Waals surface area contributed by atoms with Crippen LogP contribution in [-0.4, -0.2) is 55.2 Å². The molecule has 1 saturated heterocycles. The van der Waals surface area contributed by atoms with Crippen LogP contribution in [-0.2, 0) is 9.84 Å². The molecule has 3 rings (SSSR count). The van der Waals surface area contributed by atoms with Gasteiger partial charge >= 0.3 is 5.51 Å². The number of nitro groups is 1. The lowest BCUT2D eigenvalue weighted by Crippen LogP contribution is -2.39. The molecular weight excluding hydrogens is 427 g/mol. The van der Waals surface area contributed by atoms with Gasteiger partial charge in [0, 0.05) is 38.4 Å². The zero-order valence-corrected chi connectivity index (χ0v) is 16.6. The molecule has 1 aliphatic heterocycles. The van der Waals surface area contributed by atoms with Crippen LogP contribution in [0.4, 0.5) is 30.4 Å². The van der Waals surface area contributed by atoms with Crippen LogP contribution < -0.4 is 9.80 Å². The van der Waals surface area contributed by atoms with Gasteiger partial charge in [0.2, 0.25) is 0 Å². The summed E-state index contributed by atoms with van der Waals surface area (Å²) in [6.45, 7) is 1.05. The molecule has 0 aliphatic carbocycles. The lowest BCUT2D eigenvalue weighted by atomic mass is 10.2. The van der Waals surface area contributed by atoms with Crippen molar-refractivity contribution in [2.45, 2.75) is 29.3 Å². The number of aromatic nitrogens is 2. The van der Waals surface area contributed by atoms with Gasteiger partial charge in [-0.25, -0.2) is 8.42 Å². The molecule has 0 N–H and O–H groups in total. The SMILES string of the molecule is CN(CC1CCCN1c1cccnn1)c1ccc(S(=O)(=O)C(F)(F)F)cc1[N+](=O)[O-]. The van der Waals surface area contributed by atoms with E-state index in [1.54, 1.807) is 25.4 Å². The number of hydrogen-bond donors (Lipinski definition) is 0. The Morgan fingerprint density at radius 1 is 1.33 bits per heavy atom. The summed E-state index contributed by atoms with van der Waals surface area (Å²) in [5, 5.41) is 19.4. The highest BCUT2D eigenvalue weighted by atomic mass is 32.2. The number of halogens is 3. The van der Waals surface area contributed by atoms with E-state index in [0.29, 0.717) is 18.4 Å². The zero-order valence-electron chi connectivity index (χ0n) is 15.8. The molecule has 0 bridgehead atoms. The molecule has 0 radical (unpaired) electrons. The lowest BCUT2D eigenvalue weighted by Gasteiger charge is -2.30. The molecule has 30 heavy (non-hydrogen) atoms. The van der Waals surface area contributed by atoms with Crippen molar-refractivity contribution in [1.29, 1.82) is 0 Å². The highest BCUT2D eigenvalue weighted by Gasteiger charge is 2.47. The predicted octanol–water partition coefficient (Wildman–Crippen LogP) is 2.78. The number of alkyl halides is 3. The minimum atomic E-state index is -5.69. The first-order chi connectivity index (χ1) is 14.0. The third-order valence-electron chi connectivity index (χ3n) is 4.88. The first-order valence-electron chi connectivity index (χ1n) is 8.87. The quantitative estimate of drug-likeness (QED) is 0.493. The van der Waals surface area contributed by atoms with Crippen LogP contribution in [0.2, 0.25) is 0 Å². The Labute approximate surface area is 170 Å². The van der Waals surface area contributed by atoms with Crippen molar-refractivity contribution >= 4 is 27.0 Å². The summed E-state index contributed by atoms with van der Waals surface area (Å²) in [4.78, 5) is 12.9. The molecule has 1 aliphatic rings. The number of nitrogens with zero attached hydrogens (tertiary/aromatic N) is 5. The average molecular weight is 445 g/mol. The predicted molar refractivity (Wildman–Crippen MR) is 102 cm³/mol. The lowest BCUT2D eigenvalue weighted by molar-refractivity contribution is -0.384. The normalized spacial score (nSPS) is 17.2. The van der Waals surface area contributed by atoms with Gasteiger partial charge in [0.05, 0.1) is 9.82 Å². The maximum absolute atomic E-state index is 12.8. The van der Waals surface area contributed by atoms with Crippen molar-refractivity contribution in [3.8, 4) is 0 Å². The van der Waals surface area contributed by atoms with E-state index in [-0.39, 0.29) is 11.7 Å². The maximum Gasteiger partial charge on any atom is 0.501 e. The zero-order chi connectivity index (χ0) is 22.1. The maximum atomic E-state index is 12.8.